The summed E-state index contributed by atoms with van der Waals surface area (Å²) in [5, 5.41) is 13.3. The maximum absolute atomic E-state index is 12.5. The number of aliphatic hydroxyl groups excluding tert-OH is 1. The Kier molecular flexibility index (Phi) is 6.35. The predicted molar refractivity (Wildman–Crippen MR) is 132 cm³/mol. The number of carbonyl (C=O) groups excluding carboxylic acids is 1. The predicted octanol–water partition coefficient (Wildman–Crippen LogP) is 6.46. The molecule has 1 aromatic rings. The molecule has 1 amide bonds. The van der Waals surface area contributed by atoms with Crippen LogP contribution in [0.15, 0.2) is 24.5 Å². The van der Waals surface area contributed by atoms with E-state index in [0.29, 0.717) is 23.2 Å². The minimum atomic E-state index is -0.0547. The van der Waals surface area contributed by atoms with Crippen LogP contribution in [-0.4, -0.2) is 22.1 Å². The van der Waals surface area contributed by atoms with E-state index in [1.54, 1.807) is 12.4 Å². The van der Waals surface area contributed by atoms with Crippen molar-refractivity contribution in [1.82, 2.24) is 4.98 Å². The van der Waals surface area contributed by atoms with E-state index in [-0.39, 0.29) is 12.0 Å². The molecular formula is C29H44N2O2. The summed E-state index contributed by atoms with van der Waals surface area (Å²) in [6.45, 7) is 7.60. The molecule has 0 saturated heterocycles. The standard InChI is InChI=1S/C29H44N2O2/c1-19(4-9-27(33)31-21-12-16-30-17-13-21)24-7-8-25-23-6-5-20-18-22(32)10-14-28(20,2)26(23)11-15-29(24,25)3/h12-13,16-17,19-20,22-26,32H,4-11,14-15,18H2,1-3H3,(H,30,31,33)/t19-,20-,22-,23+,24-,25+,26+,28+,29-/m1/s1. The van der Waals surface area contributed by atoms with Crippen LogP contribution in [0.1, 0.15) is 91.4 Å². The van der Waals surface area contributed by atoms with Crippen LogP contribution in [0.5, 0.6) is 0 Å². The van der Waals surface area contributed by atoms with Gasteiger partial charge in [0.05, 0.1) is 6.10 Å². The van der Waals surface area contributed by atoms with Gasteiger partial charge in [-0.3, -0.25) is 9.78 Å². The Labute approximate surface area is 200 Å². The fraction of sp³-hybridized carbons (Fsp3) is 0.793. The zero-order chi connectivity index (χ0) is 23.2. The zero-order valence-corrected chi connectivity index (χ0v) is 20.9. The van der Waals surface area contributed by atoms with Gasteiger partial charge in [0.15, 0.2) is 0 Å². The van der Waals surface area contributed by atoms with Gasteiger partial charge in [-0.1, -0.05) is 20.8 Å². The number of nitrogens with zero attached hydrogens (tertiary/aromatic N) is 1. The molecule has 0 unspecified atom stereocenters. The first kappa shape index (κ1) is 23.3. The first-order valence-electron chi connectivity index (χ1n) is 13.7. The van der Waals surface area contributed by atoms with Crippen LogP contribution < -0.4 is 5.32 Å². The van der Waals surface area contributed by atoms with Gasteiger partial charge in [-0.15, -0.1) is 0 Å². The topological polar surface area (TPSA) is 62.2 Å². The molecule has 4 fully saturated rings. The van der Waals surface area contributed by atoms with E-state index in [1.165, 1.54) is 44.9 Å². The Balaban J connectivity index is 1.22. The van der Waals surface area contributed by atoms with Crippen molar-refractivity contribution in [2.75, 3.05) is 5.32 Å². The monoisotopic (exact) mass is 452 g/mol. The molecule has 0 radical (unpaired) electrons. The molecule has 9 atom stereocenters. The minimum Gasteiger partial charge on any atom is -0.393 e. The second-order valence-corrected chi connectivity index (χ2v) is 12.6. The molecule has 4 heteroatoms. The fourth-order valence-corrected chi connectivity index (χ4v) is 9.43. The van der Waals surface area contributed by atoms with Gasteiger partial charge in [0.25, 0.3) is 0 Å². The van der Waals surface area contributed by atoms with Crippen LogP contribution in [0.25, 0.3) is 0 Å². The van der Waals surface area contributed by atoms with E-state index in [9.17, 15) is 9.90 Å². The Morgan fingerprint density at radius 2 is 1.79 bits per heavy atom. The van der Waals surface area contributed by atoms with Crippen molar-refractivity contribution in [3.8, 4) is 0 Å². The lowest BCUT2D eigenvalue weighted by Crippen LogP contribution is -2.54. The molecule has 0 spiro atoms. The van der Waals surface area contributed by atoms with Gasteiger partial charge in [0.2, 0.25) is 5.91 Å². The lowest BCUT2D eigenvalue weighted by atomic mass is 9.44. The van der Waals surface area contributed by atoms with E-state index in [4.69, 9.17) is 0 Å². The maximum atomic E-state index is 12.5. The highest BCUT2D eigenvalue weighted by atomic mass is 16.3. The average molecular weight is 453 g/mol. The van der Waals surface area contributed by atoms with Crippen LogP contribution >= 0.6 is 0 Å². The van der Waals surface area contributed by atoms with Crippen LogP contribution in [0.4, 0.5) is 5.69 Å². The number of rotatable bonds is 5. The van der Waals surface area contributed by atoms with E-state index < -0.39 is 0 Å². The SMILES string of the molecule is C[C@H](CCC(=O)Nc1ccncc1)[C@H]1CC[C@H]2[C@@H]3CC[C@@H]4C[C@H](O)CC[C@]4(C)[C@H]3CC[C@]12C. The number of anilines is 1. The summed E-state index contributed by atoms with van der Waals surface area (Å²) in [6.07, 6.45) is 16.5. The highest BCUT2D eigenvalue weighted by Gasteiger charge is 2.60. The molecule has 2 N–H and O–H groups in total. The van der Waals surface area contributed by atoms with Gasteiger partial charge >= 0.3 is 0 Å². The molecular weight excluding hydrogens is 408 g/mol. The van der Waals surface area contributed by atoms with Crippen molar-refractivity contribution in [2.24, 2.45) is 46.3 Å². The molecule has 4 nitrogen and oxygen atoms in total. The van der Waals surface area contributed by atoms with Crippen molar-refractivity contribution in [3.63, 3.8) is 0 Å². The second-order valence-electron chi connectivity index (χ2n) is 12.6. The quantitative estimate of drug-likeness (QED) is 0.539. The Morgan fingerprint density at radius 1 is 1.06 bits per heavy atom. The van der Waals surface area contributed by atoms with Crippen molar-refractivity contribution in [3.05, 3.63) is 24.5 Å². The molecule has 33 heavy (non-hydrogen) atoms. The number of aromatic nitrogens is 1. The molecule has 1 heterocycles. The number of hydrogen-bond donors (Lipinski definition) is 2. The number of aliphatic hydroxyl groups is 1. The molecule has 4 aliphatic rings. The summed E-state index contributed by atoms with van der Waals surface area (Å²) in [5.74, 6) is 4.81. The van der Waals surface area contributed by atoms with Gasteiger partial charge in [0.1, 0.15) is 0 Å². The van der Waals surface area contributed by atoms with Gasteiger partial charge in [-0.2, -0.15) is 0 Å². The summed E-state index contributed by atoms with van der Waals surface area (Å²) in [5.41, 5.74) is 1.74. The Hall–Kier alpha value is -1.42. The third kappa shape index (κ3) is 4.15. The van der Waals surface area contributed by atoms with E-state index in [1.807, 2.05) is 12.1 Å². The van der Waals surface area contributed by atoms with Crippen molar-refractivity contribution >= 4 is 11.6 Å². The van der Waals surface area contributed by atoms with Gasteiger partial charge in [-0.25, -0.2) is 0 Å². The van der Waals surface area contributed by atoms with Gasteiger partial charge < -0.3 is 10.4 Å². The zero-order valence-electron chi connectivity index (χ0n) is 20.9. The molecule has 4 saturated carbocycles. The number of nitrogens with one attached hydrogen (secondary N) is 1. The molecule has 182 valence electrons. The largest absolute Gasteiger partial charge is 0.393 e. The van der Waals surface area contributed by atoms with E-state index in [0.717, 1.165) is 54.5 Å². The van der Waals surface area contributed by atoms with Crippen LogP contribution in [-0.2, 0) is 4.79 Å². The first-order chi connectivity index (χ1) is 15.8. The van der Waals surface area contributed by atoms with Crippen LogP contribution in [0, 0.1) is 46.3 Å². The molecule has 4 aliphatic carbocycles. The smallest absolute Gasteiger partial charge is 0.224 e. The number of amides is 1. The lowest BCUT2D eigenvalue weighted by Gasteiger charge is -2.61. The summed E-state index contributed by atoms with van der Waals surface area (Å²) in [7, 11) is 0. The highest BCUT2D eigenvalue weighted by molar-refractivity contribution is 5.90. The molecule has 0 bridgehead atoms. The first-order valence-corrected chi connectivity index (χ1v) is 13.7. The summed E-state index contributed by atoms with van der Waals surface area (Å²) in [4.78, 5) is 16.5. The highest BCUT2D eigenvalue weighted by Crippen LogP contribution is 2.68. The molecule has 1 aromatic heterocycles. The maximum Gasteiger partial charge on any atom is 0.224 e. The van der Waals surface area contributed by atoms with Crippen LogP contribution in [0.2, 0.25) is 0 Å². The van der Waals surface area contributed by atoms with E-state index >= 15 is 0 Å². The number of hydrogen-bond acceptors (Lipinski definition) is 3. The van der Waals surface area contributed by atoms with Crippen LogP contribution in [0.3, 0.4) is 0 Å². The summed E-state index contributed by atoms with van der Waals surface area (Å²) < 4.78 is 0. The summed E-state index contributed by atoms with van der Waals surface area (Å²) in [6, 6.07) is 3.70. The number of pyridine rings is 1. The van der Waals surface area contributed by atoms with E-state index in [2.05, 4.69) is 31.1 Å². The molecule has 0 aromatic carbocycles. The average Bonchev–Trinajstić information content (AvgIpc) is 3.16. The van der Waals surface area contributed by atoms with Gasteiger partial charge in [0, 0.05) is 24.5 Å². The fourth-order valence-electron chi connectivity index (χ4n) is 9.43. The summed E-state index contributed by atoms with van der Waals surface area (Å²) >= 11 is 0. The Morgan fingerprint density at radius 3 is 2.58 bits per heavy atom. The Bertz CT molecular complexity index is 843. The number of fused-ring (bicyclic) bond motifs is 5. The van der Waals surface area contributed by atoms with Crippen molar-refractivity contribution < 1.29 is 9.90 Å². The lowest BCUT2D eigenvalue weighted by molar-refractivity contribution is -0.129. The second kappa shape index (κ2) is 8.98. The minimum absolute atomic E-state index is 0.0547. The number of carbonyl (C=O) groups is 1. The van der Waals surface area contributed by atoms with Gasteiger partial charge in [-0.05, 0) is 123 Å². The third-order valence-corrected chi connectivity index (χ3v) is 11.2. The molecule has 5 rings (SSSR count). The third-order valence-electron chi connectivity index (χ3n) is 11.2. The molecule has 0 aliphatic heterocycles. The van der Waals surface area contributed by atoms with Crippen molar-refractivity contribution in [2.45, 2.75) is 97.5 Å². The van der Waals surface area contributed by atoms with Crippen molar-refractivity contribution in [1.29, 1.82) is 0 Å². The normalized spacial score (nSPS) is 43.2.